The molecule has 1 aromatic rings. The maximum absolute atomic E-state index is 10.7. The highest BCUT2D eigenvalue weighted by molar-refractivity contribution is 4.93. The summed E-state index contributed by atoms with van der Waals surface area (Å²) in [7, 11) is 0. The second-order valence-electron chi connectivity index (χ2n) is 6.95. The van der Waals surface area contributed by atoms with Crippen molar-refractivity contribution in [2.24, 2.45) is 0 Å². The number of aromatic nitrogens is 2. The van der Waals surface area contributed by atoms with E-state index in [-0.39, 0.29) is 6.04 Å². The van der Waals surface area contributed by atoms with Crippen molar-refractivity contribution in [3.8, 4) is 0 Å². The lowest BCUT2D eigenvalue weighted by atomic mass is 9.84. The van der Waals surface area contributed by atoms with Crippen LogP contribution >= 0.6 is 0 Å². The lowest BCUT2D eigenvalue weighted by Crippen LogP contribution is -2.52. The minimum absolute atomic E-state index is 0.168. The molecule has 0 amide bonds. The smallest absolute Gasteiger partial charge is 0.243 e. The molecule has 124 valence electrons. The van der Waals surface area contributed by atoms with E-state index in [1.807, 2.05) is 6.92 Å². The van der Waals surface area contributed by atoms with Crippen LogP contribution in [0.5, 0.6) is 0 Å². The summed E-state index contributed by atoms with van der Waals surface area (Å²) in [6.07, 6.45) is 5.54. The first-order valence-electron chi connectivity index (χ1n) is 8.55. The summed E-state index contributed by atoms with van der Waals surface area (Å²) in [5.41, 5.74) is -0.449. The average Bonchev–Trinajstić information content (AvgIpc) is 2.94. The number of aliphatic hydroxyl groups is 1. The lowest BCUT2D eigenvalue weighted by Gasteiger charge is -2.41. The third-order valence-electron chi connectivity index (χ3n) is 5.16. The molecule has 0 unspecified atom stereocenters. The molecule has 2 heterocycles. The van der Waals surface area contributed by atoms with E-state index in [0.29, 0.717) is 11.7 Å². The molecule has 1 saturated heterocycles. The summed E-state index contributed by atoms with van der Waals surface area (Å²) in [6, 6.07) is 0.168. The molecule has 1 N–H and O–H groups in total. The van der Waals surface area contributed by atoms with Crippen molar-refractivity contribution in [2.75, 3.05) is 32.7 Å². The zero-order valence-electron chi connectivity index (χ0n) is 13.8. The summed E-state index contributed by atoms with van der Waals surface area (Å²) >= 11 is 0. The van der Waals surface area contributed by atoms with Gasteiger partial charge in [0.2, 0.25) is 5.89 Å². The van der Waals surface area contributed by atoms with Gasteiger partial charge in [-0.05, 0) is 26.7 Å². The van der Waals surface area contributed by atoms with E-state index >= 15 is 0 Å². The molecule has 6 heteroatoms. The number of hydrogen-bond donors (Lipinski definition) is 1. The van der Waals surface area contributed by atoms with Gasteiger partial charge in [0.05, 0.1) is 11.6 Å². The Morgan fingerprint density at radius 3 is 2.45 bits per heavy atom. The van der Waals surface area contributed by atoms with Gasteiger partial charge in [-0.1, -0.05) is 24.4 Å². The van der Waals surface area contributed by atoms with Gasteiger partial charge in [-0.3, -0.25) is 9.80 Å². The maximum Gasteiger partial charge on any atom is 0.243 e. The van der Waals surface area contributed by atoms with Gasteiger partial charge in [0.1, 0.15) is 0 Å². The Balaban J connectivity index is 1.49. The highest BCUT2D eigenvalue weighted by Crippen LogP contribution is 2.29. The quantitative estimate of drug-likeness (QED) is 0.914. The van der Waals surface area contributed by atoms with Crippen LogP contribution in [0, 0.1) is 6.92 Å². The Morgan fingerprint density at radius 2 is 1.86 bits per heavy atom. The molecule has 1 aliphatic carbocycles. The maximum atomic E-state index is 10.7. The van der Waals surface area contributed by atoms with Gasteiger partial charge in [0, 0.05) is 32.7 Å². The summed E-state index contributed by atoms with van der Waals surface area (Å²) < 4.78 is 5.29. The zero-order chi connectivity index (χ0) is 15.6. The van der Waals surface area contributed by atoms with Crippen molar-refractivity contribution in [1.82, 2.24) is 19.9 Å². The van der Waals surface area contributed by atoms with E-state index in [1.54, 1.807) is 0 Å². The van der Waals surface area contributed by atoms with Gasteiger partial charge in [-0.25, -0.2) is 0 Å². The molecule has 22 heavy (non-hydrogen) atoms. The van der Waals surface area contributed by atoms with Gasteiger partial charge in [-0.15, -0.1) is 0 Å². The van der Waals surface area contributed by atoms with Gasteiger partial charge < -0.3 is 9.63 Å². The molecule has 0 bridgehead atoms. The molecule has 1 saturated carbocycles. The molecule has 6 nitrogen and oxygen atoms in total. The molecule has 1 aromatic heterocycles. The minimum Gasteiger partial charge on any atom is -0.389 e. The summed E-state index contributed by atoms with van der Waals surface area (Å²) in [4.78, 5) is 9.13. The van der Waals surface area contributed by atoms with Crippen LogP contribution in [0.1, 0.15) is 56.8 Å². The molecule has 1 atom stereocenters. The van der Waals surface area contributed by atoms with E-state index in [2.05, 4.69) is 26.9 Å². The Morgan fingerprint density at radius 1 is 1.18 bits per heavy atom. The molecule has 1 aliphatic heterocycles. The number of hydrogen-bond acceptors (Lipinski definition) is 6. The van der Waals surface area contributed by atoms with Crippen molar-refractivity contribution in [3.05, 3.63) is 11.7 Å². The first kappa shape index (κ1) is 15.9. The molecule has 3 rings (SSSR count). The van der Waals surface area contributed by atoms with Gasteiger partial charge in [-0.2, -0.15) is 4.98 Å². The van der Waals surface area contributed by atoms with E-state index in [4.69, 9.17) is 4.52 Å². The van der Waals surface area contributed by atoms with E-state index in [0.717, 1.165) is 45.6 Å². The number of β-amino-alcohol motifs (C(OH)–C–C–N with tert-alkyl or cyclic N) is 1. The fourth-order valence-corrected chi connectivity index (χ4v) is 3.73. The molecule has 0 radical (unpaired) electrons. The number of rotatable bonds is 4. The van der Waals surface area contributed by atoms with Gasteiger partial charge >= 0.3 is 0 Å². The van der Waals surface area contributed by atoms with Crippen LogP contribution in [0.4, 0.5) is 0 Å². The third-order valence-corrected chi connectivity index (χ3v) is 5.16. The standard InChI is InChI=1S/C16H28N4O2/c1-13(15-17-14(2)18-22-15)20-10-8-19(9-11-20)12-16(21)6-4-3-5-7-16/h13,21H,3-12H2,1-2H3/t13-/m0/s1. The highest BCUT2D eigenvalue weighted by Gasteiger charge is 2.33. The summed E-state index contributed by atoms with van der Waals surface area (Å²) in [5, 5.41) is 14.6. The Bertz CT molecular complexity index is 476. The van der Waals surface area contributed by atoms with Gasteiger partial charge in [0.25, 0.3) is 0 Å². The van der Waals surface area contributed by atoms with E-state index in [9.17, 15) is 5.11 Å². The summed E-state index contributed by atoms with van der Waals surface area (Å²) in [6.45, 7) is 8.77. The van der Waals surface area contributed by atoms with Crippen molar-refractivity contribution in [3.63, 3.8) is 0 Å². The van der Waals surface area contributed by atoms with Crippen molar-refractivity contribution in [2.45, 2.75) is 57.6 Å². The highest BCUT2D eigenvalue weighted by atomic mass is 16.5. The lowest BCUT2D eigenvalue weighted by molar-refractivity contribution is -0.0387. The predicted octanol–water partition coefficient (Wildman–Crippen LogP) is 1.75. The largest absolute Gasteiger partial charge is 0.389 e. The molecular formula is C16H28N4O2. The normalized spacial score (nSPS) is 25.2. The van der Waals surface area contributed by atoms with Crippen LogP contribution in [-0.4, -0.2) is 63.4 Å². The van der Waals surface area contributed by atoms with Crippen LogP contribution in [0.25, 0.3) is 0 Å². The third kappa shape index (κ3) is 3.67. The van der Waals surface area contributed by atoms with E-state index < -0.39 is 5.60 Å². The van der Waals surface area contributed by atoms with Crippen LogP contribution in [0.15, 0.2) is 4.52 Å². The molecule has 2 aliphatic rings. The van der Waals surface area contributed by atoms with Crippen LogP contribution in [0.3, 0.4) is 0 Å². The number of piperazine rings is 1. The Kier molecular flexibility index (Phi) is 4.80. The number of aryl methyl sites for hydroxylation is 1. The van der Waals surface area contributed by atoms with Crippen LogP contribution < -0.4 is 0 Å². The SMILES string of the molecule is Cc1noc([C@H](C)N2CCN(CC3(O)CCCCC3)CC2)n1. The fourth-order valence-electron chi connectivity index (χ4n) is 3.73. The zero-order valence-corrected chi connectivity index (χ0v) is 13.8. The monoisotopic (exact) mass is 308 g/mol. The second-order valence-corrected chi connectivity index (χ2v) is 6.95. The Hall–Kier alpha value is -0.980. The van der Waals surface area contributed by atoms with Gasteiger partial charge in [0.15, 0.2) is 5.82 Å². The molecular weight excluding hydrogens is 280 g/mol. The Labute approximate surface area is 132 Å². The molecule has 0 aromatic carbocycles. The fraction of sp³-hybridized carbons (Fsp3) is 0.875. The molecule has 2 fully saturated rings. The minimum atomic E-state index is -0.449. The van der Waals surface area contributed by atoms with E-state index in [1.165, 1.54) is 19.3 Å². The predicted molar refractivity (Wildman–Crippen MR) is 83.5 cm³/mol. The van der Waals surface area contributed by atoms with Crippen molar-refractivity contribution >= 4 is 0 Å². The first-order valence-corrected chi connectivity index (χ1v) is 8.55. The first-order chi connectivity index (χ1) is 10.6. The van der Waals surface area contributed by atoms with Crippen molar-refractivity contribution < 1.29 is 9.63 Å². The topological polar surface area (TPSA) is 65.6 Å². The number of nitrogens with zero attached hydrogens (tertiary/aromatic N) is 4. The second kappa shape index (κ2) is 6.64. The van der Waals surface area contributed by atoms with Crippen LogP contribution in [-0.2, 0) is 0 Å². The average molecular weight is 308 g/mol. The van der Waals surface area contributed by atoms with Crippen molar-refractivity contribution in [1.29, 1.82) is 0 Å². The van der Waals surface area contributed by atoms with Crippen LogP contribution in [0.2, 0.25) is 0 Å². The molecule has 0 spiro atoms. The summed E-state index contributed by atoms with van der Waals surface area (Å²) in [5.74, 6) is 1.40.